The van der Waals surface area contributed by atoms with Crippen LogP contribution in [0.1, 0.15) is 18.3 Å². The molecule has 94 valence electrons. The molecule has 0 amide bonds. The lowest BCUT2D eigenvalue weighted by Gasteiger charge is -2.02. The summed E-state index contributed by atoms with van der Waals surface area (Å²) in [5.41, 5.74) is 0.948. The van der Waals surface area contributed by atoms with Crippen molar-refractivity contribution in [1.82, 2.24) is 14.9 Å². The smallest absolute Gasteiger partial charge is 0.216 e. The van der Waals surface area contributed by atoms with Crippen molar-refractivity contribution in [1.29, 1.82) is 0 Å². The maximum atomic E-state index is 5.42. The lowest BCUT2D eigenvalue weighted by Crippen LogP contribution is -1.95. The largest absolute Gasteiger partial charge is 0.494 e. The highest BCUT2D eigenvalue weighted by atomic mass is 32.1. The summed E-state index contributed by atoms with van der Waals surface area (Å²) in [6.45, 7) is 4.43. The Bertz CT molecular complexity index is 615. The Morgan fingerprint density at radius 2 is 2.39 bits per heavy atom. The average Bonchev–Trinajstić information content (AvgIpc) is 2.68. The maximum Gasteiger partial charge on any atom is 0.216 e. The molecular formula is C12H14N4OS. The molecule has 1 N–H and O–H groups in total. The number of aryl methyl sites for hydroxylation is 1. The quantitative estimate of drug-likeness (QED) is 0.680. The zero-order chi connectivity index (χ0) is 13.0. The van der Waals surface area contributed by atoms with Gasteiger partial charge in [-0.2, -0.15) is 14.9 Å². The molecule has 5 nitrogen and oxygen atoms in total. The van der Waals surface area contributed by atoms with Gasteiger partial charge in [-0.15, -0.1) is 0 Å². The minimum Gasteiger partial charge on any atom is -0.494 e. The average molecular weight is 262 g/mol. The zero-order valence-corrected chi connectivity index (χ0v) is 11.1. The Labute approximate surface area is 110 Å². The molecule has 0 unspecified atom stereocenters. The van der Waals surface area contributed by atoms with E-state index in [1.54, 1.807) is 10.9 Å². The van der Waals surface area contributed by atoms with E-state index in [4.69, 9.17) is 17.0 Å². The first-order valence-electron chi connectivity index (χ1n) is 5.62. The molecule has 0 aliphatic heterocycles. The molecule has 1 heterocycles. The van der Waals surface area contributed by atoms with Crippen LogP contribution >= 0.6 is 12.2 Å². The van der Waals surface area contributed by atoms with E-state index >= 15 is 0 Å². The highest BCUT2D eigenvalue weighted by Crippen LogP contribution is 2.11. The maximum absolute atomic E-state index is 5.42. The summed E-state index contributed by atoms with van der Waals surface area (Å²) in [6.07, 6.45) is 1.72. The van der Waals surface area contributed by atoms with Crippen molar-refractivity contribution in [3.8, 4) is 5.75 Å². The van der Waals surface area contributed by atoms with Gasteiger partial charge in [-0.1, -0.05) is 12.1 Å². The summed E-state index contributed by atoms with van der Waals surface area (Å²) in [5, 5.41) is 10.9. The van der Waals surface area contributed by atoms with Crippen LogP contribution in [0.15, 0.2) is 29.4 Å². The summed E-state index contributed by atoms with van der Waals surface area (Å²) in [6, 6.07) is 7.71. The SMILES string of the molecule is CCOc1cccc(/C=N/n2c(C)n[nH]c2=S)c1. The second kappa shape index (κ2) is 5.59. The third-order valence-electron chi connectivity index (χ3n) is 2.30. The van der Waals surface area contributed by atoms with Gasteiger partial charge < -0.3 is 4.74 Å². The third-order valence-corrected chi connectivity index (χ3v) is 2.57. The molecule has 2 aromatic rings. The Kier molecular flexibility index (Phi) is 3.88. The van der Waals surface area contributed by atoms with Gasteiger partial charge in [-0.25, -0.2) is 0 Å². The predicted octanol–water partition coefficient (Wildman–Crippen LogP) is 2.53. The molecule has 0 fully saturated rings. The van der Waals surface area contributed by atoms with Crippen molar-refractivity contribution in [2.45, 2.75) is 13.8 Å². The fraction of sp³-hybridized carbons (Fsp3) is 0.250. The first-order chi connectivity index (χ1) is 8.70. The van der Waals surface area contributed by atoms with Gasteiger partial charge in [0.15, 0.2) is 0 Å². The van der Waals surface area contributed by atoms with E-state index in [-0.39, 0.29) is 0 Å². The normalized spacial score (nSPS) is 11.0. The van der Waals surface area contributed by atoms with Crippen LogP contribution in [0, 0.1) is 11.7 Å². The number of hydrogen-bond acceptors (Lipinski definition) is 4. The number of hydrogen-bond donors (Lipinski definition) is 1. The standard InChI is InChI=1S/C12H14N4OS/c1-3-17-11-6-4-5-10(7-11)8-13-16-9(2)14-15-12(16)18/h4-8H,3H2,1-2H3,(H,15,18)/b13-8+. The molecule has 0 aliphatic rings. The van der Waals surface area contributed by atoms with Crippen molar-refractivity contribution in [3.05, 3.63) is 40.4 Å². The van der Waals surface area contributed by atoms with E-state index in [1.807, 2.05) is 38.1 Å². The van der Waals surface area contributed by atoms with Crippen LogP contribution in [0.2, 0.25) is 0 Å². The highest BCUT2D eigenvalue weighted by Gasteiger charge is 1.98. The first kappa shape index (κ1) is 12.5. The second-order valence-corrected chi connectivity index (χ2v) is 4.02. The molecule has 1 aromatic carbocycles. The number of H-pyrrole nitrogens is 1. The van der Waals surface area contributed by atoms with Crippen LogP contribution in [0.4, 0.5) is 0 Å². The summed E-state index contributed by atoms with van der Waals surface area (Å²) < 4.78 is 7.47. The van der Waals surface area contributed by atoms with E-state index in [2.05, 4.69) is 15.3 Å². The Hall–Kier alpha value is -1.95. The van der Waals surface area contributed by atoms with E-state index < -0.39 is 0 Å². The number of aromatic nitrogens is 3. The molecule has 0 aliphatic carbocycles. The van der Waals surface area contributed by atoms with Gasteiger partial charge in [0, 0.05) is 0 Å². The van der Waals surface area contributed by atoms with Crippen molar-refractivity contribution >= 4 is 18.4 Å². The summed E-state index contributed by atoms with van der Waals surface area (Å²) in [4.78, 5) is 0. The molecule has 0 radical (unpaired) electrons. The molecular weight excluding hydrogens is 248 g/mol. The van der Waals surface area contributed by atoms with Crippen LogP contribution in [0.25, 0.3) is 0 Å². The molecule has 2 rings (SSSR count). The second-order valence-electron chi connectivity index (χ2n) is 3.64. The Balaban J connectivity index is 2.23. The van der Waals surface area contributed by atoms with Gasteiger partial charge >= 0.3 is 0 Å². The van der Waals surface area contributed by atoms with Crippen LogP contribution in [-0.2, 0) is 0 Å². The predicted molar refractivity (Wildman–Crippen MR) is 72.8 cm³/mol. The lowest BCUT2D eigenvalue weighted by atomic mass is 10.2. The fourth-order valence-corrected chi connectivity index (χ4v) is 1.71. The van der Waals surface area contributed by atoms with Crippen LogP contribution in [-0.4, -0.2) is 27.7 Å². The molecule has 0 bridgehead atoms. The number of benzene rings is 1. The Morgan fingerprint density at radius 3 is 3.06 bits per heavy atom. The van der Waals surface area contributed by atoms with E-state index in [0.717, 1.165) is 17.1 Å². The molecule has 0 atom stereocenters. The Morgan fingerprint density at radius 1 is 1.56 bits per heavy atom. The van der Waals surface area contributed by atoms with Crippen LogP contribution < -0.4 is 4.74 Å². The minimum absolute atomic E-state index is 0.477. The zero-order valence-electron chi connectivity index (χ0n) is 10.3. The third kappa shape index (κ3) is 2.84. The highest BCUT2D eigenvalue weighted by molar-refractivity contribution is 7.71. The van der Waals surface area contributed by atoms with Crippen LogP contribution in [0.3, 0.4) is 0 Å². The molecule has 0 saturated heterocycles. The topological polar surface area (TPSA) is 55.2 Å². The number of nitrogens with one attached hydrogen (secondary N) is 1. The molecule has 18 heavy (non-hydrogen) atoms. The first-order valence-corrected chi connectivity index (χ1v) is 6.02. The van der Waals surface area contributed by atoms with Crippen molar-refractivity contribution < 1.29 is 4.74 Å². The lowest BCUT2D eigenvalue weighted by molar-refractivity contribution is 0.340. The number of nitrogens with zero attached hydrogens (tertiary/aromatic N) is 3. The van der Waals surface area contributed by atoms with Crippen molar-refractivity contribution in [2.75, 3.05) is 6.61 Å². The van der Waals surface area contributed by atoms with Crippen molar-refractivity contribution in [3.63, 3.8) is 0 Å². The molecule has 6 heteroatoms. The molecule has 0 saturated carbocycles. The van der Waals surface area contributed by atoms with Gasteiger partial charge in [0.05, 0.1) is 12.8 Å². The number of rotatable bonds is 4. The number of ether oxygens (including phenoxy) is 1. The van der Waals surface area contributed by atoms with Crippen molar-refractivity contribution in [2.24, 2.45) is 5.10 Å². The van der Waals surface area contributed by atoms with Gasteiger partial charge in [0.1, 0.15) is 11.6 Å². The van der Waals surface area contributed by atoms with E-state index in [9.17, 15) is 0 Å². The van der Waals surface area contributed by atoms with Gasteiger partial charge in [0.2, 0.25) is 4.77 Å². The summed E-state index contributed by atoms with van der Waals surface area (Å²) >= 11 is 5.06. The molecule has 1 aromatic heterocycles. The van der Waals surface area contributed by atoms with E-state index in [0.29, 0.717) is 11.4 Å². The minimum atomic E-state index is 0.477. The molecule has 0 spiro atoms. The summed E-state index contributed by atoms with van der Waals surface area (Å²) in [5.74, 6) is 1.55. The van der Waals surface area contributed by atoms with Gasteiger partial charge in [-0.05, 0) is 43.8 Å². The summed E-state index contributed by atoms with van der Waals surface area (Å²) in [7, 11) is 0. The van der Waals surface area contributed by atoms with Gasteiger partial charge in [0.25, 0.3) is 0 Å². The number of aromatic amines is 1. The van der Waals surface area contributed by atoms with E-state index in [1.165, 1.54) is 0 Å². The van der Waals surface area contributed by atoms with Crippen LogP contribution in [0.5, 0.6) is 5.75 Å². The monoisotopic (exact) mass is 262 g/mol. The fourth-order valence-electron chi connectivity index (χ4n) is 1.48. The van der Waals surface area contributed by atoms with Gasteiger partial charge in [-0.3, -0.25) is 5.10 Å².